The summed E-state index contributed by atoms with van der Waals surface area (Å²) in [4.78, 5) is 0. The maximum atomic E-state index is 5.65. The molecule has 2 aliphatic rings. The third-order valence-corrected chi connectivity index (χ3v) is 5.38. The molecule has 0 unspecified atom stereocenters. The van der Waals surface area contributed by atoms with E-state index in [9.17, 15) is 0 Å². The fourth-order valence-electron chi connectivity index (χ4n) is 3.89. The number of hydrogen-bond acceptors (Lipinski definition) is 2. The minimum atomic E-state index is 0.236. The molecule has 1 heterocycles. The van der Waals surface area contributed by atoms with Gasteiger partial charge in [0.2, 0.25) is 0 Å². The summed E-state index contributed by atoms with van der Waals surface area (Å²) in [5.74, 6) is 0. The van der Waals surface area contributed by atoms with E-state index in [1.165, 1.54) is 29.2 Å². The first kappa shape index (κ1) is 12.4. The minimum Gasteiger partial charge on any atom is -0.379 e. The van der Waals surface area contributed by atoms with Crippen molar-refractivity contribution in [1.82, 2.24) is 5.32 Å². The van der Waals surface area contributed by atoms with Crippen molar-refractivity contribution in [1.29, 1.82) is 0 Å². The highest BCUT2D eigenvalue weighted by molar-refractivity contribution is 5.83. The third kappa shape index (κ3) is 1.58. The summed E-state index contributed by atoms with van der Waals surface area (Å²) in [5.41, 5.74) is 2.12. The number of fused-ring (bicyclic) bond motifs is 1. The molecule has 0 radical (unpaired) electrons. The van der Waals surface area contributed by atoms with Gasteiger partial charge in [-0.25, -0.2) is 0 Å². The number of hydrogen-bond donors (Lipinski definition) is 1. The average molecular weight is 267 g/mol. The molecule has 2 aromatic carbocycles. The monoisotopic (exact) mass is 267 g/mol. The summed E-state index contributed by atoms with van der Waals surface area (Å²) in [5, 5.41) is 6.06. The minimum absolute atomic E-state index is 0.236. The Morgan fingerprint density at radius 3 is 2.40 bits per heavy atom. The highest BCUT2D eigenvalue weighted by Crippen LogP contribution is 2.62. The summed E-state index contributed by atoms with van der Waals surface area (Å²) in [6.07, 6.45) is 2.65. The Bertz CT molecular complexity index is 641. The number of nitrogens with one attached hydrogen (secondary N) is 1. The van der Waals surface area contributed by atoms with Crippen LogP contribution in [-0.4, -0.2) is 26.8 Å². The van der Waals surface area contributed by atoms with E-state index in [0.29, 0.717) is 5.41 Å². The molecule has 2 fully saturated rings. The predicted octanol–water partition coefficient (Wildman–Crippen LogP) is 3.11. The molecule has 1 aliphatic carbocycles. The van der Waals surface area contributed by atoms with Crippen LogP contribution in [0.5, 0.6) is 0 Å². The Morgan fingerprint density at radius 1 is 1.05 bits per heavy atom. The van der Waals surface area contributed by atoms with Crippen LogP contribution in [0.15, 0.2) is 42.5 Å². The smallest absolute Gasteiger partial charge is 0.0591 e. The molecule has 2 aromatic rings. The van der Waals surface area contributed by atoms with Crippen molar-refractivity contribution in [3.63, 3.8) is 0 Å². The van der Waals surface area contributed by atoms with Crippen LogP contribution in [0.1, 0.15) is 18.4 Å². The molecular formula is C18H21NO. The molecule has 2 nitrogen and oxygen atoms in total. The third-order valence-electron chi connectivity index (χ3n) is 5.38. The van der Waals surface area contributed by atoms with Crippen LogP contribution in [-0.2, 0) is 10.2 Å². The van der Waals surface area contributed by atoms with Crippen LogP contribution in [0.3, 0.4) is 0 Å². The van der Waals surface area contributed by atoms with Crippen LogP contribution in [0.2, 0.25) is 0 Å². The molecule has 1 saturated carbocycles. The highest BCUT2D eigenvalue weighted by Gasteiger charge is 2.62. The first-order valence-corrected chi connectivity index (χ1v) is 7.51. The van der Waals surface area contributed by atoms with Gasteiger partial charge in [0.15, 0.2) is 0 Å². The van der Waals surface area contributed by atoms with Gasteiger partial charge >= 0.3 is 0 Å². The summed E-state index contributed by atoms with van der Waals surface area (Å²) < 4.78 is 5.65. The fraction of sp³-hybridized carbons (Fsp3) is 0.444. The van der Waals surface area contributed by atoms with E-state index in [2.05, 4.69) is 54.8 Å². The zero-order valence-electron chi connectivity index (χ0n) is 12.0. The fourth-order valence-corrected chi connectivity index (χ4v) is 3.89. The molecule has 1 N–H and O–H groups in total. The van der Waals surface area contributed by atoms with Gasteiger partial charge in [0.25, 0.3) is 0 Å². The Labute approximate surface area is 120 Å². The Morgan fingerprint density at radius 2 is 1.80 bits per heavy atom. The lowest BCUT2D eigenvalue weighted by molar-refractivity contribution is -0.0985. The number of ether oxygens (including phenoxy) is 1. The van der Waals surface area contributed by atoms with E-state index in [1.54, 1.807) is 0 Å². The molecule has 0 aromatic heterocycles. The van der Waals surface area contributed by atoms with E-state index < -0.39 is 0 Å². The predicted molar refractivity (Wildman–Crippen MR) is 82.0 cm³/mol. The largest absolute Gasteiger partial charge is 0.379 e. The maximum Gasteiger partial charge on any atom is 0.0591 e. The topological polar surface area (TPSA) is 21.3 Å². The van der Waals surface area contributed by atoms with E-state index in [0.717, 1.165) is 19.8 Å². The maximum absolute atomic E-state index is 5.65. The van der Waals surface area contributed by atoms with Crippen LogP contribution in [0.25, 0.3) is 10.8 Å². The lowest BCUT2D eigenvalue weighted by Gasteiger charge is -2.48. The molecule has 0 spiro atoms. The summed E-state index contributed by atoms with van der Waals surface area (Å²) in [6.45, 7) is 2.86. The van der Waals surface area contributed by atoms with Gasteiger partial charge in [-0.2, -0.15) is 0 Å². The zero-order valence-corrected chi connectivity index (χ0v) is 12.0. The summed E-state index contributed by atoms with van der Waals surface area (Å²) >= 11 is 0. The molecule has 20 heavy (non-hydrogen) atoms. The van der Waals surface area contributed by atoms with Crippen LogP contribution in [0, 0.1) is 5.41 Å². The van der Waals surface area contributed by atoms with Gasteiger partial charge in [-0.05, 0) is 41.6 Å². The van der Waals surface area contributed by atoms with Gasteiger partial charge in [0.05, 0.1) is 13.2 Å². The van der Waals surface area contributed by atoms with Crippen LogP contribution < -0.4 is 5.32 Å². The lowest BCUT2D eigenvalue weighted by atomic mass is 9.65. The lowest BCUT2D eigenvalue weighted by Crippen LogP contribution is -2.56. The number of benzene rings is 2. The van der Waals surface area contributed by atoms with Gasteiger partial charge in [-0.1, -0.05) is 42.5 Å². The zero-order chi connectivity index (χ0) is 13.6. The van der Waals surface area contributed by atoms with Crippen molar-refractivity contribution in [2.75, 3.05) is 26.8 Å². The van der Waals surface area contributed by atoms with Gasteiger partial charge < -0.3 is 10.1 Å². The van der Waals surface area contributed by atoms with Gasteiger partial charge in [0, 0.05) is 12.0 Å². The standard InChI is InChI=1S/C18H21NO/c1-19-11-17(8-9-17)18(12-20-13-18)16-7-6-14-4-2-3-5-15(14)10-16/h2-7,10,19H,8-9,11-13H2,1H3. The van der Waals surface area contributed by atoms with Crippen LogP contribution >= 0.6 is 0 Å². The van der Waals surface area contributed by atoms with Crippen molar-refractivity contribution < 1.29 is 4.74 Å². The van der Waals surface area contributed by atoms with E-state index in [1.807, 2.05) is 0 Å². The normalized spacial score (nSPS) is 22.4. The molecule has 0 bridgehead atoms. The summed E-state index contributed by atoms with van der Waals surface area (Å²) in [7, 11) is 2.06. The summed E-state index contributed by atoms with van der Waals surface area (Å²) in [6, 6.07) is 15.6. The first-order valence-electron chi connectivity index (χ1n) is 7.51. The van der Waals surface area contributed by atoms with Crippen molar-refractivity contribution >= 4 is 10.8 Å². The molecule has 1 aliphatic heterocycles. The molecular weight excluding hydrogens is 246 g/mol. The van der Waals surface area contributed by atoms with Gasteiger partial charge in [-0.3, -0.25) is 0 Å². The van der Waals surface area contributed by atoms with E-state index in [-0.39, 0.29) is 5.41 Å². The quantitative estimate of drug-likeness (QED) is 0.919. The molecule has 0 atom stereocenters. The SMILES string of the molecule is CNCC1(C2(c3ccc4ccccc4c3)COC2)CC1. The van der Waals surface area contributed by atoms with E-state index in [4.69, 9.17) is 4.74 Å². The Balaban J connectivity index is 1.80. The van der Waals surface area contributed by atoms with Crippen molar-refractivity contribution in [3.8, 4) is 0 Å². The highest BCUT2D eigenvalue weighted by atomic mass is 16.5. The molecule has 104 valence electrons. The van der Waals surface area contributed by atoms with Crippen molar-refractivity contribution in [3.05, 3.63) is 48.0 Å². The number of rotatable bonds is 4. The van der Waals surface area contributed by atoms with E-state index >= 15 is 0 Å². The van der Waals surface area contributed by atoms with Gasteiger partial charge in [-0.15, -0.1) is 0 Å². The Kier molecular flexibility index (Phi) is 2.66. The van der Waals surface area contributed by atoms with Gasteiger partial charge in [0.1, 0.15) is 0 Å². The average Bonchev–Trinajstić information content (AvgIpc) is 3.19. The first-order chi connectivity index (χ1) is 9.80. The van der Waals surface area contributed by atoms with Crippen molar-refractivity contribution in [2.45, 2.75) is 18.3 Å². The molecule has 2 heteroatoms. The molecule has 4 rings (SSSR count). The van der Waals surface area contributed by atoms with Crippen molar-refractivity contribution in [2.24, 2.45) is 5.41 Å². The molecule has 0 amide bonds. The second kappa shape index (κ2) is 4.31. The second-order valence-corrected chi connectivity index (χ2v) is 6.45. The molecule has 1 saturated heterocycles. The van der Waals surface area contributed by atoms with Crippen LogP contribution in [0.4, 0.5) is 0 Å². The Hall–Kier alpha value is -1.38. The second-order valence-electron chi connectivity index (χ2n) is 6.45.